The molecule has 0 aliphatic carbocycles. The van der Waals surface area contributed by atoms with E-state index in [1.165, 1.54) is 11.1 Å². The van der Waals surface area contributed by atoms with E-state index in [9.17, 15) is 18.0 Å². The summed E-state index contributed by atoms with van der Waals surface area (Å²) < 4.78 is 37.1. The van der Waals surface area contributed by atoms with E-state index in [0.29, 0.717) is 43.5 Å². The molecule has 0 radical (unpaired) electrons. The fourth-order valence-electron chi connectivity index (χ4n) is 2.75. The first kappa shape index (κ1) is 18.5. The average molecular weight is 344 g/mol. The van der Waals surface area contributed by atoms with Gasteiger partial charge < -0.3 is 10.6 Å². The molecule has 1 amide bonds. The van der Waals surface area contributed by atoms with Crippen LogP contribution in [0.15, 0.2) is 18.3 Å². The minimum atomic E-state index is -4.12. The molecule has 0 spiro atoms. The summed E-state index contributed by atoms with van der Waals surface area (Å²) in [5, 5.41) is 5.89. The molecule has 1 aromatic rings. The number of pyridine rings is 1. The van der Waals surface area contributed by atoms with Gasteiger partial charge in [0.25, 0.3) is 5.91 Å². The summed E-state index contributed by atoms with van der Waals surface area (Å²) in [7, 11) is 0. The molecule has 1 fully saturated rings. The van der Waals surface area contributed by atoms with Crippen LogP contribution in [0.5, 0.6) is 0 Å². The van der Waals surface area contributed by atoms with Crippen molar-refractivity contribution in [3.8, 4) is 0 Å². The Hall–Kier alpha value is -1.83. The largest absolute Gasteiger partial charge is 0.401 e. The number of likely N-dealkylation sites (tertiary alicyclic amines) is 1. The van der Waals surface area contributed by atoms with Gasteiger partial charge in [-0.3, -0.25) is 9.69 Å². The topological polar surface area (TPSA) is 57.3 Å². The van der Waals surface area contributed by atoms with Crippen molar-refractivity contribution in [2.24, 2.45) is 5.92 Å². The quantitative estimate of drug-likeness (QED) is 0.833. The Kier molecular flexibility index (Phi) is 6.42. The zero-order valence-electron chi connectivity index (χ0n) is 13.7. The van der Waals surface area contributed by atoms with Crippen molar-refractivity contribution in [3.63, 3.8) is 0 Å². The van der Waals surface area contributed by atoms with Crippen molar-refractivity contribution in [2.45, 2.75) is 25.9 Å². The number of alkyl halides is 3. The van der Waals surface area contributed by atoms with Crippen LogP contribution in [0.25, 0.3) is 0 Å². The maximum Gasteiger partial charge on any atom is 0.401 e. The van der Waals surface area contributed by atoms with E-state index >= 15 is 0 Å². The van der Waals surface area contributed by atoms with Crippen LogP contribution in [0.1, 0.15) is 30.1 Å². The number of nitrogens with one attached hydrogen (secondary N) is 2. The van der Waals surface area contributed by atoms with Gasteiger partial charge in [0.05, 0.1) is 12.1 Å². The lowest BCUT2D eigenvalue weighted by Gasteiger charge is -2.32. The number of carbonyl (C=O) groups excluding carboxylic acids is 1. The molecule has 2 heterocycles. The van der Waals surface area contributed by atoms with E-state index in [0.717, 1.165) is 12.8 Å². The Morgan fingerprint density at radius 2 is 2.04 bits per heavy atom. The lowest BCUT2D eigenvalue weighted by Crippen LogP contribution is -2.41. The fourth-order valence-corrected chi connectivity index (χ4v) is 2.75. The molecule has 2 rings (SSSR count). The molecule has 0 atom stereocenters. The lowest BCUT2D eigenvalue weighted by molar-refractivity contribution is -0.148. The zero-order chi connectivity index (χ0) is 17.6. The molecule has 1 saturated heterocycles. The Bertz CT molecular complexity index is 525. The van der Waals surface area contributed by atoms with Gasteiger partial charge in [0.15, 0.2) is 0 Å². The molecule has 5 nitrogen and oxygen atoms in total. The van der Waals surface area contributed by atoms with Gasteiger partial charge >= 0.3 is 6.18 Å². The highest BCUT2D eigenvalue weighted by atomic mass is 19.4. The van der Waals surface area contributed by atoms with Crippen LogP contribution in [-0.2, 0) is 0 Å². The van der Waals surface area contributed by atoms with Gasteiger partial charge in [-0.15, -0.1) is 0 Å². The Labute approximate surface area is 139 Å². The van der Waals surface area contributed by atoms with Gasteiger partial charge in [0.2, 0.25) is 0 Å². The number of hydrogen-bond donors (Lipinski definition) is 2. The number of rotatable bonds is 6. The monoisotopic (exact) mass is 344 g/mol. The van der Waals surface area contributed by atoms with Crippen LogP contribution in [0.3, 0.4) is 0 Å². The zero-order valence-corrected chi connectivity index (χ0v) is 13.7. The number of carbonyl (C=O) groups is 1. The van der Waals surface area contributed by atoms with Crippen LogP contribution >= 0.6 is 0 Å². The van der Waals surface area contributed by atoms with Crippen molar-refractivity contribution < 1.29 is 18.0 Å². The molecule has 2 N–H and O–H groups in total. The predicted octanol–water partition coefficient (Wildman–Crippen LogP) is 2.52. The summed E-state index contributed by atoms with van der Waals surface area (Å²) >= 11 is 0. The van der Waals surface area contributed by atoms with Gasteiger partial charge in [0.1, 0.15) is 5.82 Å². The van der Waals surface area contributed by atoms with E-state index in [4.69, 9.17) is 0 Å². The molecule has 0 unspecified atom stereocenters. The van der Waals surface area contributed by atoms with Crippen molar-refractivity contribution >= 4 is 11.7 Å². The molecule has 0 saturated carbocycles. The summed E-state index contributed by atoms with van der Waals surface area (Å²) in [5.74, 6) is 0.841. The summed E-state index contributed by atoms with van der Waals surface area (Å²) in [4.78, 5) is 17.3. The van der Waals surface area contributed by atoms with Gasteiger partial charge in [-0.05, 0) is 50.9 Å². The van der Waals surface area contributed by atoms with Crippen molar-refractivity contribution in [3.05, 3.63) is 23.9 Å². The number of hydrogen-bond acceptors (Lipinski definition) is 4. The van der Waals surface area contributed by atoms with E-state index in [2.05, 4.69) is 15.6 Å². The predicted molar refractivity (Wildman–Crippen MR) is 86.0 cm³/mol. The summed E-state index contributed by atoms with van der Waals surface area (Å²) in [6.07, 6.45) is -1.14. The summed E-state index contributed by atoms with van der Waals surface area (Å²) in [6, 6.07) is 3.44. The normalized spacial score (nSPS) is 16.8. The lowest BCUT2D eigenvalue weighted by atomic mass is 9.97. The first-order valence-electron chi connectivity index (χ1n) is 8.14. The van der Waals surface area contributed by atoms with Gasteiger partial charge in [0, 0.05) is 19.3 Å². The highest BCUT2D eigenvalue weighted by Crippen LogP contribution is 2.22. The number of aromatic nitrogens is 1. The second-order valence-electron chi connectivity index (χ2n) is 6.01. The van der Waals surface area contributed by atoms with E-state index in [1.54, 1.807) is 12.1 Å². The molecule has 24 heavy (non-hydrogen) atoms. The smallest absolute Gasteiger partial charge is 0.370 e. The van der Waals surface area contributed by atoms with E-state index in [-0.39, 0.29) is 5.91 Å². The number of nitrogens with zero attached hydrogens (tertiary/aromatic N) is 2. The molecule has 0 bridgehead atoms. The Morgan fingerprint density at radius 3 is 2.58 bits per heavy atom. The van der Waals surface area contributed by atoms with Crippen LogP contribution in [0, 0.1) is 5.92 Å². The minimum Gasteiger partial charge on any atom is -0.370 e. The van der Waals surface area contributed by atoms with Gasteiger partial charge in [-0.1, -0.05) is 0 Å². The van der Waals surface area contributed by atoms with Crippen LogP contribution in [-0.4, -0.2) is 54.7 Å². The van der Waals surface area contributed by atoms with Crippen LogP contribution < -0.4 is 10.6 Å². The first-order chi connectivity index (χ1) is 11.4. The second kappa shape index (κ2) is 8.32. The standard InChI is InChI=1S/C16H23F3N4O/c1-2-20-15(24)13-3-4-14(22-10-13)21-9-12-5-7-23(8-6-12)11-16(17,18)19/h3-4,10,12H,2,5-9,11H2,1H3,(H,20,24)(H,21,22). The molecule has 8 heteroatoms. The Morgan fingerprint density at radius 1 is 1.33 bits per heavy atom. The molecular formula is C16H23F3N4O. The van der Waals surface area contributed by atoms with Gasteiger partial charge in [-0.2, -0.15) is 13.2 Å². The van der Waals surface area contributed by atoms with Crippen molar-refractivity contribution in [2.75, 3.05) is 38.0 Å². The fraction of sp³-hybridized carbons (Fsp3) is 0.625. The first-order valence-corrected chi connectivity index (χ1v) is 8.14. The summed E-state index contributed by atoms with van der Waals surface area (Å²) in [5.41, 5.74) is 0.503. The Balaban J connectivity index is 1.73. The number of amides is 1. The molecular weight excluding hydrogens is 321 g/mol. The van der Waals surface area contributed by atoms with Crippen molar-refractivity contribution in [1.82, 2.24) is 15.2 Å². The molecule has 1 aliphatic heterocycles. The van der Waals surface area contributed by atoms with Gasteiger partial charge in [-0.25, -0.2) is 4.98 Å². The third kappa shape index (κ3) is 5.99. The second-order valence-corrected chi connectivity index (χ2v) is 6.01. The average Bonchev–Trinajstić information content (AvgIpc) is 2.53. The number of piperidine rings is 1. The minimum absolute atomic E-state index is 0.159. The molecule has 134 valence electrons. The SMILES string of the molecule is CCNC(=O)c1ccc(NCC2CCN(CC(F)(F)F)CC2)nc1. The maximum atomic E-state index is 12.4. The third-order valence-corrected chi connectivity index (χ3v) is 4.04. The number of halogens is 3. The third-order valence-electron chi connectivity index (χ3n) is 4.04. The maximum absolute atomic E-state index is 12.4. The molecule has 0 aromatic carbocycles. The highest BCUT2D eigenvalue weighted by molar-refractivity contribution is 5.93. The van der Waals surface area contributed by atoms with Crippen LogP contribution in [0.4, 0.5) is 19.0 Å². The van der Waals surface area contributed by atoms with E-state index < -0.39 is 12.7 Å². The molecule has 1 aliphatic rings. The van der Waals surface area contributed by atoms with E-state index in [1.807, 2.05) is 6.92 Å². The highest BCUT2D eigenvalue weighted by Gasteiger charge is 2.32. The number of anilines is 1. The summed E-state index contributed by atoms with van der Waals surface area (Å²) in [6.45, 7) is 3.20. The molecule has 1 aromatic heterocycles. The van der Waals surface area contributed by atoms with Crippen LogP contribution in [0.2, 0.25) is 0 Å². The van der Waals surface area contributed by atoms with Crippen molar-refractivity contribution in [1.29, 1.82) is 0 Å².